The number of hydrogen-bond donors (Lipinski definition) is 1. The topological polar surface area (TPSA) is 59.8 Å². The number of hydrogen-bond acceptors (Lipinski definition) is 4. The van der Waals surface area contributed by atoms with Crippen molar-refractivity contribution < 1.29 is 4.79 Å². The molecule has 7 heteroatoms. The summed E-state index contributed by atoms with van der Waals surface area (Å²) >= 11 is 7.49. The molecule has 0 aromatic carbocycles. The second-order valence-electron chi connectivity index (χ2n) is 4.51. The monoisotopic (exact) mass is 312 g/mol. The summed E-state index contributed by atoms with van der Waals surface area (Å²) in [6.07, 6.45) is 5.97. The molecule has 1 N–H and O–H groups in total. The number of halogens is 1. The summed E-state index contributed by atoms with van der Waals surface area (Å²) in [6, 6.07) is 3.65. The van der Waals surface area contributed by atoms with Gasteiger partial charge in [0.05, 0.1) is 4.34 Å². The molecule has 2 aromatic rings. The van der Waals surface area contributed by atoms with Crippen molar-refractivity contribution in [2.45, 2.75) is 32.2 Å². The van der Waals surface area contributed by atoms with E-state index in [1.165, 1.54) is 11.2 Å². The fourth-order valence-corrected chi connectivity index (χ4v) is 2.94. The summed E-state index contributed by atoms with van der Waals surface area (Å²) in [5.74, 6) is -0.0327. The van der Waals surface area contributed by atoms with E-state index in [1.54, 1.807) is 29.3 Å². The molecule has 0 radical (unpaired) electrons. The molecule has 1 amide bonds. The van der Waals surface area contributed by atoms with E-state index in [4.69, 9.17) is 11.6 Å². The predicted molar refractivity (Wildman–Crippen MR) is 80.0 cm³/mol. The van der Waals surface area contributed by atoms with Crippen molar-refractivity contribution >= 4 is 28.8 Å². The Labute approximate surface area is 127 Å². The third-order valence-electron chi connectivity index (χ3n) is 2.99. The Morgan fingerprint density at radius 1 is 1.50 bits per heavy atom. The minimum Gasteiger partial charge on any atom is -0.354 e. The van der Waals surface area contributed by atoms with Crippen LogP contribution in [0.15, 0.2) is 24.8 Å². The Morgan fingerprint density at radius 3 is 3.00 bits per heavy atom. The highest BCUT2D eigenvalue weighted by Crippen LogP contribution is 2.22. The van der Waals surface area contributed by atoms with Crippen LogP contribution in [0.5, 0.6) is 0 Å². The van der Waals surface area contributed by atoms with Crippen molar-refractivity contribution in [3.63, 3.8) is 0 Å². The molecule has 2 heterocycles. The first-order valence-electron chi connectivity index (χ1n) is 6.53. The third-order valence-corrected chi connectivity index (χ3v) is 4.28. The van der Waals surface area contributed by atoms with Gasteiger partial charge in [-0.15, -0.1) is 11.3 Å². The van der Waals surface area contributed by atoms with Crippen LogP contribution in [0.3, 0.4) is 0 Å². The Morgan fingerprint density at radius 2 is 2.35 bits per heavy atom. The zero-order valence-electron chi connectivity index (χ0n) is 11.3. The number of carbonyl (C=O) groups excluding carboxylic acids is 1. The van der Waals surface area contributed by atoms with Crippen molar-refractivity contribution in [2.75, 3.05) is 6.54 Å². The fraction of sp³-hybridized carbons (Fsp3) is 0.462. The van der Waals surface area contributed by atoms with E-state index in [9.17, 15) is 4.79 Å². The van der Waals surface area contributed by atoms with E-state index in [2.05, 4.69) is 21.5 Å². The first-order chi connectivity index (χ1) is 9.66. The highest BCUT2D eigenvalue weighted by atomic mass is 35.5. The van der Waals surface area contributed by atoms with Crippen LogP contribution < -0.4 is 5.32 Å². The normalized spacial score (nSPS) is 12.3. The Hall–Kier alpha value is -1.40. The summed E-state index contributed by atoms with van der Waals surface area (Å²) in [5.41, 5.74) is 0. The molecule has 0 spiro atoms. The molecule has 0 fully saturated rings. The van der Waals surface area contributed by atoms with Crippen LogP contribution in [0.1, 0.15) is 30.7 Å². The number of amides is 1. The minimum atomic E-state index is -0.325. The molecule has 0 aliphatic heterocycles. The number of rotatable bonds is 7. The number of nitrogens with one attached hydrogen (secondary N) is 1. The summed E-state index contributed by atoms with van der Waals surface area (Å²) in [4.78, 5) is 17.0. The van der Waals surface area contributed by atoms with Crippen LogP contribution in [0.2, 0.25) is 4.34 Å². The van der Waals surface area contributed by atoms with Crippen LogP contribution in [0, 0.1) is 0 Å². The van der Waals surface area contributed by atoms with Gasteiger partial charge >= 0.3 is 0 Å². The lowest BCUT2D eigenvalue weighted by Crippen LogP contribution is -2.32. The maximum atomic E-state index is 11.9. The zero-order valence-corrected chi connectivity index (χ0v) is 12.8. The largest absolute Gasteiger partial charge is 0.354 e. The summed E-state index contributed by atoms with van der Waals surface area (Å²) in [6.45, 7) is 2.48. The highest BCUT2D eigenvalue weighted by molar-refractivity contribution is 7.16. The number of aryl methyl sites for hydroxylation is 1. The van der Waals surface area contributed by atoms with E-state index in [-0.39, 0.29) is 11.9 Å². The first kappa shape index (κ1) is 15.0. The molecule has 0 saturated carbocycles. The van der Waals surface area contributed by atoms with Crippen LogP contribution in [0.4, 0.5) is 0 Å². The van der Waals surface area contributed by atoms with Gasteiger partial charge in [-0.05, 0) is 38.3 Å². The van der Waals surface area contributed by atoms with E-state index in [0.29, 0.717) is 6.54 Å². The molecule has 108 valence electrons. The smallest absolute Gasteiger partial charge is 0.244 e. The van der Waals surface area contributed by atoms with Crippen LogP contribution >= 0.6 is 22.9 Å². The number of thiophene rings is 1. The molecule has 1 atom stereocenters. The lowest BCUT2D eigenvalue weighted by atomic mass is 10.2. The minimum absolute atomic E-state index is 0.0327. The van der Waals surface area contributed by atoms with Crippen molar-refractivity contribution in [3.05, 3.63) is 34.0 Å². The summed E-state index contributed by atoms with van der Waals surface area (Å²) < 4.78 is 2.37. The van der Waals surface area contributed by atoms with E-state index in [0.717, 1.165) is 23.6 Å². The van der Waals surface area contributed by atoms with Gasteiger partial charge in [0.25, 0.3) is 0 Å². The van der Waals surface area contributed by atoms with Crippen molar-refractivity contribution in [2.24, 2.45) is 0 Å². The average Bonchev–Trinajstić information content (AvgIpc) is 3.08. The van der Waals surface area contributed by atoms with Gasteiger partial charge in [0.2, 0.25) is 5.91 Å². The van der Waals surface area contributed by atoms with Crippen molar-refractivity contribution in [3.8, 4) is 0 Å². The van der Waals surface area contributed by atoms with Gasteiger partial charge in [-0.1, -0.05) is 11.6 Å². The first-order valence-corrected chi connectivity index (χ1v) is 7.72. The van der Waals surface area contributed by atoms with E-state index < -0.39 is 0 Å². The number of nitrogens with zero attached hydrogens (tertiary/aromatic N) is 3. The van der Waals surface area contributed by atoms with Crippen molar-refractivity contribution in [1.29, 1.82) is 0 Å². The van der Waals surface area contributed by atoms with Gasteiger partial charge < -0.3 is 5.32 Å². The summed E-state index contributed by atoms with van der Waals surface area (Å²) in [5, 5.41) is 6.87. The van der Waals surface area contributed by atoms with Crippen LogP contribution in [-0.2, 0) is 11.2 Å². The van der Waals surface area contributed by atoms with Gasteiger partial charge in [0.1, 0.15) is 18.7 Å². The molecule has 2 aromatic heterocycles. The number of aromatic nitrogens is 3. The number of carbonyl (C=O) groups is 1. The van der Waals surface area contributed by atoms with Gasteiger partial charge in [0, 0.05) is 11.4 Å². The molecular weight excluding hydrogens is 296 g/mol. The predicted octanol–water partition coefficient (Wildman–Crippen LogP) is 2.69. The van der Waals surface area contributed by atoms with Gasteiger partial charge in [-0.25, -0.2) is 9.67 Å². The SMILES string of the molecule is C[C@@H](C(=O)NCCCCc1ccc(Cl)s1)n1cncn1. The molecule has 0 unspecified atom stereocenters. The van der Waals surface area contributed by atoms with Crippen LogP contribution in [0.25, 0.3) is 0 Å². The molecule has 2 rings (SSSR count). The van der Waals surface area contributed by atoms with E-state index in [1.807, 2.05) is 6.07 Å². The molecule has 20 heavy (non-hydrogen) atoms. The molecular formula is C13H17ClN4OS. The Balaban J connectivity index is 1.62. The van der Waals surface area contributed by atoms with Gasteiger partial charge in [0.15, 0.2) is 0 Å². The average molecular weight is 313 g/mol. The van der Waals surface area contributed by atoms with Crippen LogP contribution in [-0.4, -0.2) is 27.2 Å². The summed E-state index contributed by atoms with van der Waals surface area (Å²) in [7, 11) is 0. The lowest BCUT2D eigenvalue weighted by molar-refractivity contribution is -0.124. The standard InChI is InChI=1S/C13H17ClN4OS/c1-10(18-9-15-8-17-18)13(19)16-7-3-2-4-11-5-6-12(14)20-11/h5-6,8-10H,2-4,7H2,1H3,(H,16,19)/t10-/m0/s1. The maximum Gasteiger partial charge on any atom is 0.244 e. The maximum absolute atomic E-state index is 11.9. The quantitative estimate of drug-likeness (QED) is 0.800. The molecule has 5 nitrogen and oxygen atoms in total. The van der Waals surface area contributed by atoms with Crippen molar-refractivity contribution in [1.82, 2.24) is 20.1 Å². The second-order valence-corrected chi connectivity index (χ2v) is 6.31. The number of unbranched alkanes of at least 4 members (excludes halogenated alkanes) is 1. The fourth-order valence-electron chi connectivity index (χ4n) is 1.81. The highest BCUT2D eigenvalue weighted by Gasteiger charge is 2.14. The molecule has 0 aliphatic carbocycles. The second kappa shape index (κ2) is 7.40. The molecule has 0 bridgehead atoms. The third kappa shape index (κ3) is 4.31. The lowest BCUT2D eigenvalue weighted by Gasteiger charge is -2.11. The van der Waals surface area contributed by atoms with E-state index >= 15 is 0 Å². The Bertz CT molecular complexity index is 540. The molecule has 0 aliphatic rings. The zero-order chi connectivity index (χ0) is 14.4. The van der Waals surface area contributed by atoms with Gasteiger partial charge in [-0.3, -0.25) is 4.79 Å². The molecule has 0 saturated heterocycles. The van der Waals surface area contributed by atoms with Gasteiger partial charge in [-0.2, -0.15) is 5.10 Å². The Kier molecular flexibility index (Phi) is 5.55.